The summed E-state index contributed by atoms with van der Waals surface area (Å²) in [5, 5.41) is 0. The van der Waals surface area contributed by atoms with E-state index in [0.29, 0.717) is 0 Å². The Morgan fingerprint density at radius 2 is 1.40 bits per heavy atom. The lowest BCUT2D eigenvalue weighted by atomic mass is 10.2. The Morgan fingerprint density at radius 1 is 0.950 bits per heavy atom. The fraction of sp³-hybridized carbons (Fsp3) is 0.273. The second-order valence-electron chi connectivity index (χ2n) is 3.71. The highest BCUT2D eigenvalue weighted by atomic mass is 32.2. The van der Waals surface area contributed by atoms with Gasteiger partial charge in [-0.1, -0.05) is 24.3 Å². The predicted octanol–water partition coefficient (Wildman–Crippen LogP) is 3.51. The van der Waals surface area contributed by atoms with E-state index in [1.54, 1.807) is 0 Å². The van der Waals surface area contributed by atoms with E-state index in [1.807, 2.05) is 0 Å². The first-order chi connectivity index (χ1) is 8.94. The zero-order chi connectivity index (χ0) is 15.6. The lowest BCUT2D eigenvalue weighted by Gasteiger charge is -2.14. The molecule has 0 bridgehead atoms. The van der Waals surface area contributed by atoms with Crippen LogP contribution in [-0.2, 0) is 9.84 Å². The van der Waals surface area contributed by atoms with Gasteiger partial charge in [0.05, 0.1) is 10.6 Å². The summed E-state index contributed by atoms with van der Waals surface area (Å²) in [6, 6.07) is 6.26. The van der Waals surface area contributed by atoms with Crippen LogP contribution in [0.25, 0.3) is 0 Å². The van der Waals surface area contributed by atoms with Crippen molar-refractivity contribution in [3.05, 3.63) is 42.0 Å². The van der Waals surface area contributed by atoms with Gasteiger partial charge in [-0.15, -0.1) is 0 Å². The molecule has 0 aliphatic rings. The third-order valence-electron chi connectivity index (χ3n) is 2.22. The van der Waals surface area contributed by atoms with Crippen LogP contribution in [-0.4, -0.2) is 26.5 Å². The minimum absolute atomic E-state index is 0.347. The average molecular weight is 318 g/mol. The average Bonchev–Trinajstić information content (AvgIpc) is 2.26. The molecule has 0 saturated heterocycles. The Kier molecular flexibility index (Phi) is 4.52. The van der Waals surface area contributed by atoms with Crippen LogP contribution in [0.1, 0.15) is 0 Å². The third kappa shape index (κ3) is 4.26. The van der Waals surface area contributed by atoms with Crippen molar-refractivity contribution in [1.29, 1.82) is 0 Å². The summed E-state index contributed by atoms with van der Waals surface area (Å²) in [6.45, 7) is 0. The van der Waals surface area contributed by atoms with Gasteiger partial charge in [-0.3, -0.25) is 0 Å². The minimum Gasteiger partial charge on any atom is -0.223 e. The second-order valence-corrected chi connectivity index (χ2v) is 5.74. The Morgan fingerprint density at radius 3 is 1.80 bits per heavy atom. The van der Waals surface area contributed by atoms with Gasteiger partial charge in [-0.05, 0) is 12.1 Å². The lowest BCUT2D eigenvalue weighted by Crippen LogP contribution is -2.27. The number of allylic oxidation sites excluding steroid dienone is 1. The van der Waals surface area contributed by atoms with Crippen LogP contribution in [0, 0.1) is 0 Å². The van der Waals surface area contributed by atoms with E-state index < -0.39 is 33.5 Å². The summed E-state index contributed by atoms with van der Waals surface area (Å²) in [4.78, 5) is -0.347. The Hall–Kier alpha value is -1.51. The molecule has 112 valence electrons. The number of rotatable bonds is 3. The van der Waals surface area contributed by atoms with Crippen LogP contribution in [0.15, 0.2) is 46.9 Å². The van der Waals surface area contributed by atoms with Crippen molar-refractivity contribution in [2.75, 3.05) is 5.75 Å². The predicted molar refractivity (Wildman–Crippen MR) is 58.7 cm³/mol. The molecular weight excluding hydrogens is 310 g/mol. The van der Waals surface area contributed by atoms with E-state index in [4.69, 9.17) is 0 Å². The molecule has 0 aliphatic heterocycles. The third-order valence-corrected chi connectivity index (χ3v) is 3.82. The largest absolute Gasteiger partial charge is 0.421 e. The second kappa shape index (κ2) is 5.47. The highest BCUT2D eigenvalue weighted by Gasteiger charge is 2.50. The van der Waals surface area contributed by atoms with Gasteiger partial charge in [-0.2, -0.15) is 26.3 Å². The molecule has 0 spiro atoms. The van der Waals surface area contributed by atoms with E-state index in [1.165, 1.54) is 18.2 Å². The molecule has 20 heavy (non-hydrogen) atoms. The molecule has 9 heteroatoms. The molecule has 1 rings (SSSR count). The smallest absolute Gasteiger partial charge is 0.223 e. The molecule has 1 aromatic rings. The van der Waals surface area contributed by atoms with Gasteiger partial charge in [0.15, 0.2) is 9.84 Å². The van der Waals surface area contributed by atoms with Crippen molar-refractivity contribution >= 4 is 9.84 Å². The number of halogens is 6. The van der Waals surface area contributed by atoms with Gasteiger partial charge in [0.1, 0.15) is 5.57 Å². The number of alkyl halides is 6. The minimum atomic E-state index is -5.66. The van der Waals surface area contributed by atoms with E-state index in [2.05, 4.69) is 0 Å². The van der Waals surface area contributed by atoms with Crippen LogP contribution in [0.3, 0.4) is 0 Å². The van der Waals surface area contributed by atoms with Crippen molar-refractivity contribution in [1.82, 2.24) is 0 Å². The van der Waals surface area contributed by atoms with Crippen molar-refractivity contribution in [3.8, 4) is 0 Å². The molecule has 2 nitrogen and oxygen atoms in total. The number of benzene rings is 1. The van der Waals surface area contributed by atoms with Crippen LogP contribution in [0.5, 0.6) is 0 Å². The molecule has 0 N–H and O–H groups in total. The summed E-state index contributed by atoms with van der Waals surface area (Å²) in [5.74, 6) is -1.38. The summed E-state index contributed by atoms with van der Waals surface area (Å²) in [7, 11) is -4.25. The van der Waals surface area contributed by atoms with Crippen molar-refractivity contribution in [2.45, 2.75) is 17.2 Å². The van der Waals surface area contributed by atoms with Crippen LogP contribution < -0.4 is 0 Å². The molecule has 0 fully saturated rings. The Bertz CT molecular complexity index is 568. The maximum Gasteiger partial charge on any atom is 0.421 e. The molecule has 0 aliphatic carbocycles. The van der Waals surface area contributed by atoms with Gasteiger partial charge >= 0.3 is 12.4 Å². The quantitative estimate of drug-likeness (QED) is 0.631. The number of sulfone groups is 1. The topological polar surface area (TPSA) is 34.1 Å². The Balaban J connectivity index is 3.12. The summed E-state index contributed by atoms with van der Waals surface area (Å²) >= 11 is 0. The zero-order valence-electron chi connectivity index (χ0n) is 9.66. The Labute approximate surface area is 110 Å². The summed E-state index contributed by atoms with van der Waals surface area (Å²) < 4.78 is 96.5. The number of hydrogen-bond donors (Lipinski definition) is 0. The van der Waals surface area contributed by atoms with Crippen molar-refractivity contribution < 1.29 is 34.8 Å². The molecule has 0 amide bonds. The first-order valence-corrected chi connectivity index (χ1v) is 6.72. The van der Waals surface area contributed by atoms with Crippen LogP contribution >= 0.6 is 0 Å². The van der Waals surface area contributed by atoms with Gasteiger partial charge in [0.25, 0.3) is 0 Å². The van der Waals surface area contributed by atoms with E-state index in [9.17, 15) is 34.8 Å². The lowest BCUT2D eigenvalue weighted by molar-refractivity contribution is -0.172. The fourth-order valence-electron chi connectivity index (χ4n) is 1.31. The maximum atomic E-state index is 12.2. The monoisotopic (exact) mass is 318 g/mol. The van der Waals surface area contributed by atoms with E-state index in [0.717, 1.165) is 12.1 Å². The summed E-state index contributed by atoms with van der Waals surface area (Å²) in [6.07, 6.45) is -11.7. The number of hydrogen-bond acceptors (Lipinski definition) is 2. The first kappa shape index (κ1) is 16.5. The van der Waals surface area contributed by atoms with Crippen molar-refractivity contribution in [3.63, 3.8) is 0 Å². The highest BCUT2D eigenvalue weighted by molar-refractivity contribution is 7.91. The normalized spacial score (nSPS) is 13.1. The van der Waals surface area contributed by atoms with E-state index in [-0.39, 0.29) is 11.0 Å². The molecule has 0 saturated carbocycles. The molecule has 1 aromatic carbocycles. The molecule has 0 unspecified atom stereocenters. The molecule has 0 radical (unpaired) electrons. The van der Waals surface area contributed by atoms with Crippen LogP contribution in [0.4, 0.5) is 26.3 Å². The van der Waals surface area contributed by atoms with Gasteiger partial charge in [0.2, 0.25) is 0 Å². The van der Waals surface area contributed by atoms with E-state index >= 15 is 0 Å². The fourth-order valence-corrected chi connectivity index (χ4v) is 2.46. The molecule has 0 aromatic heterocycles. The van der Waals surface area contributed by atoms with Gasteiger partial charge in [-0.25, -0.2) is 8.42 Å². The molecule has 0 atom stereocenters. The maximum absolute atomic E-state index is 12.2. The van der Waals surface area contributed by atoms with Crippen molar-refractivity contribution in [2.24, 2.45) is 0 Å². The summed E-state index contributed by atoms with van der Waals surface area (Å²) in [5.41, 5.74) is -2.83. The first-order valence-electron chi connectivity index (χ1n) is 5.07. The van der Waals surface area contributed by atoms with Gasteiger partial charge in [0, 0.05) is 0 Å². The standard InChI is InChI=1S/C11H8F6O2S/c12-10(13,14)9(11(15,16)17)6-7-20(18,19)8-4-2-1-3-5-8/h1-6H,7H2. The zero-order valence-corrected chi connectivity index (χ0v) is 10.5. The van der Waals surface area contributed by atoms with Gasteiger partial charge < -0.3 is 0 Å². The molecule has 0 heterocycles. The highest BCUT2D eigenvalue weighted by Crippen LogP contribution is 2.38. The molecular formula is C11H8F6O2S. The van der Waals surface area contributed by atoms with Crippen LogP contribution in [0.2, 0.25) is 0 Å². The SMILES string of the molecule is O=S(=O)(CC=C(C(F)(F)F)C(F)(F)F)c1ccccc1.